The number of halogens is 1. The monoisotopic (exact) mass is 419 g/mol. The largest absolute Gasteiger partial charge is 0.503 e. The fourth-order valence-corrected chi connectivity index (χ4v) is 4.15. The number of hydrogen-bond donors (Lipinski definition) is 1. The first-order chi connectivity index (χ1) is 13.4. The van der Waals surface area contributed by atoms with Gasteiger partial charge in [0, 0.05) is 18.2 Å². The van der Waals surface area contributed by atoms with Crippen LogP contribution in [0.1, 0.15) is 41.5 Å². The Bertz CT molecular complexity index is 892. The van der Waals surface area contributed by atoms with Crippen LogP contribution in [0.5, 0.6) is 0 Å². The molecule has 3 rings (SSSR count). The Hall–Kier alpha value is -2.15. The molecule has 28 heavy (non-hydrogen) atoms. The molecule has 1 aromatic heterocycles. The second kappa shape index (κ2) is 8.90. The van der Waals surface area contributed by atoms with Gasteiger partial charge in [-0.15, -0.1) is 11.3 Å². The molecule has 2 aromatic rings. The third kappa shape index (κ3) is 4.14. The molecule has 1 amide bonds. The van der Waals surface area contributed by atoms with Gasteiger partial charge in [0.25, 0.3) is 5.91 Å². The Labute approximate surface area is 173 Å². The van der Waals surface area contributed by atoms with Crippen LogP contribution in [0.15, 0.2) is 53.1 Å². The molecule has 0 bridgehead atoms. The molecule has 1 aliphatic heterocycles. The number of ketones is 1. The molecule has 0 spiro atoms. The van der Waals surface area contributed by atoms with Gasteiger partial charge in [0.2, 0.25) is 5.78 Å². The van der Waals surface area contributed by atoms with Crippen molar-refractivity contribution in [1.29, 1.82) is 0 Å². The SMILES string of the molecule is CC(C)OCCCN1C(=O)C(O)=C(C(=O)c2cccs2)[C@H]1c1ccccc1Cl. The Morgan fingerprint density at radius 2 is 2.04 bits per heavy atom. The van der Waals surface area contributed by atoms with Crippen molar-refractivity contribution >= 4 is 34.6 Å². The molecule has 0 fully saturated rings. The lowest BCUT2D eigenvalue weighted by molar-refractivity contribution is -0.129. The fraction of sp³-hybridized carbons (Fsp3) is 0.333. The molecule has 5 nitrogen and oxygen atoms in total. The van der Waals surface area contributed by atoms with Gasteiger partial charge in [-0.3, -0.25) is 9.59 Å². The van der Waals surface area contributed by atoms with Gasteiger partial charge in [-0.2, -0.15) is 0 Å². The molecule has 0 saturated heterocycles. The predicted molar refractivity (Wildman–Crippen MR) is 110 cm³/mol. The predicted octanol–water partition coefficient (Wildman–Crippen LogP) is 4.79. The first kappa shape index (κ1) is 20.6. The summed E-state index contributed by atoms with van der Waals surface area (Å²) < 4.78 is 5.56. The summed E-state index contributed by atoms with van der Waals surface area (Å²) in [7, 11) is 0. The van der Waals surface area contributed by atoms with Crippen molar-refractivity contribution in [3.8, 4) is 0 Å². The van der Waals surface area contributed by atoms with Gasteiger partial charge in [0.15, 0.2) is 5.76 Å². The molecule has 7 heteroatoms. The van der Waals surface area contributed by atoms with E-state index in [9.17, 15) is 14.7 Å². The first-order valence-electron chi connectivity index (χ1n) is 9.10. The number of aliphatic hydroxyl groups is 1. The van der Waals surface area contributed by atoms with Crippen LogP contribution in [0.3, 0.4) is 0 Å². The molecule has 0 radical (unpaired) electrons. The Balaban J connectivity index is 1.96. The minimum Gasteiger partial charge on any atom is -0.503 e. The third-order valence-corrected chi connectivity index (χ3v) is 5.70. The smallest absolute Gasteiger partial charge is 0.290 e. The van der Waals surface area contributed by atoms with Gasteiger partial charge in [-0.1, -0.05) is 35.9 Å². The third-order valence-electron chi connectivity index (χ3n) is 4.49. The van der Waals surface area contributed by atoms with Gasteiger partial charge in [-0.05, 0) is 43.3 Å². The van der Waals surface area contributed by atoms with E-state index in [0.717, 1.165) is 0 Å². The van der Waals surface area contributed by atoms with Crippen molar-refractivity contribution in [2.45, 2.75) is 32.4 Å². The van der Waals surface area contributed by atoms with Crippen molar-refractivity contribution in [2.24, 2.45) is 0 Å². The quantitative estimate of drug-likeness (QED) is 0.493. The molecular formula is C21H22ClNO4S. The van der Waals surface area contributed by atoms with E-state index < -0.39 is 17.7 Å². The van der Waals surface area contributed by atoms with Crippen LogP contribution < -0.4 is 0 Å². The van der Waals surface area contributed by atoms with Crippen LogP contribution in [0.2, 0.25) is 5.02 Å². The van der Waals surface area contributed by atoms with Crippen LogP contribution in [-0.4, -0.2) is 41.0 Å². The average Bonchev–Trinajstić information content (AvgIpc) is 3.28. The highest BCUT2D eigenvalue weighted by molar-refractivity contribution is 7.12. The number of Topliss-reactive ketones (excluding diaryl/α,β-unsaturated/α-hetero) is 1. The van der Waals surface area contributed by atoms with Crippen molar-refractivity contribution in [2.75, 3.05) is 13.2 Å². The summed E-state index contributed by atoms with van der Waals surface area (Å²) in [4.78, 5) is 27.8. The number of ether oxygens (including phenoxy) is 1. The molecule has 0 aliphatic carbocycles. The molecule has 1 N–H and O–H groups in total. The lowest BCUT2D eigenvalue weighted by Gasteiger charge is -2.27. The number of carbonyl (C=O) groups excluding carboxylic acids is 2. The highest BCUT2D eigenvalue weighted by Gasteiger charge is 2.44. The molecule has 2 heterocycles. The summed E-state index contributed by atoms with van der Waals surface area (Å²) in [5.41, 5.74) is 0.691. The highest BCUT2D eigenvalue weighted by Crippen LogP contribution is 2.41. The Morgan fingerprint density at radius 1 is 1.29 bits per heavy atom. The van der Waals surface area contributed by atoms with Gasteiger partial charge >= 0.3 is 0 Å². The number of carbonyl (C=O) groups is 2. The van der Waals surface area contributed by atoms with Crippen molar-refractivity contribution in [1.82, 2.24) is 4.90 Å². The van der Waals surface area contributed by atoms with Crippen LogP contribution >= 0.6 is 22.9 Å². The summed E-state index contributed by atoms with van der Waals surface area (Å²) in [6.07, 6.45) is 0.676. The summed E-state index contributed by atoms with van der Waals surface area (Å²) in [5.74, 6) is -1.42. The zero-order valence-corrected chi connectivity index (χ0v) is 17.3. The van der Waals surface area contributed by atoms with Crippen molar-refractivity contribution in [3.63, 3.8) is 0 Å². The highest BCUT2D eigenvalue weighted by atomic mass is 35.5. The van der Waals surface area contributed by atoms with Gasteiger partial charge in [0.05, 0.1) is 22.6 Å². The standard InChI is InChI=1S/C21H22ClNO4S/c1-13(2)27-11-6-10-23-18(14-7-3-4-8-15(14)22)17(20(25)21(23)26)19(24)16-9-5-12-28-16/h3-5,7-9,12-13,18,25H,6,10-11H2,1-2H3/t18-/m1/s1. The van der Waals surface area contributed by atoms with E-state index in [2.05, 4.69) is 0 Å². The van der Waals surface area contributed by atoms with E-state index in [0.29, 0.717) is 35.0 Å². The van der Waals surface area contributed by atoms with Crippen LogP contribution in [-0.2, 0) is 9.53 Å². The zero-order chi connectivity index (χ0) is 20.3. The van der Waals surface area contributed by atoms with E-state index in [-0.39, 0.29) is 17.5 Å². The second-order valence-electron chi connectivity index (χ2n) is 6.76. The zero-order valence-electron chi connectivity index (χ0n) is 15.7. The fourth-order valence-electron chi connectivity index (χ4n) is 3.23. The van der Waals surface area contributed by atoms with Gasteiger partial charge in [-0.25, -0.2) is 0 Å². The number of benzene rings is 1. The maximum Gasteiger partial charge on any atom is 0.290 e. The van der Waals surface area contributed by atoms with E-state index in [4.69, 9.17) is 16.3 Å². The lowest BCUT2D eigenvalue weighted by Crippen LogP contribution is -2.33. The molecule has 0 saturated carbocycles. The van der Waals surface area contributed by atoms with Crippen molar-refractivity contribution in [3.05, 3.63) is 68.6 Å². The first-order valence-corrected chi connectivity index (χ1v) is 10.4. The second-order valence-corrected chi connectivity index (χ2v) is 8.12. The number of thiophene rings is 1. The van der Waals surface area contributed by atoms with E-state index in [1.165, 1.54) is 16.2 Å². The van der Waals surface area contributed by atoms with Crippen LogP contribution in [0.4, 0.5) is 0 Å². The average molecular weight is 420 g/mol. The Kier molecular flexibility index (Phi) is 6.54. The summed E-state index contributed by atoms with van der Waals surface area (Å²) >= 11 is 7.66. The number of amides is 1. The summed E-state index contributed by atoms with van der Waals surface area (Å²) in [6.45, 7) is 4.70. The van der Waals surface area contributed by atoms with E-state index in [1.54, 1.807) is 41.8 Å². The maximum absolute atomic E-state index is 13.1. The minimum atomic E-state index is -0.727. The van der Waals surface area contributed by atoms with E-state index >= 15 is 0 Å². The van der Waals surface area contributed by atoms with Gasteiger partial charge in [0.1, 0.15) is 0 Å². The molecular weight excluding hydrogens is 398 g/mol. The number of hydrogen-bond acceptors (Lipinski definition) is 5. The number of aliphatic hydroxyl groups excluding tert-OH is 1. The minimum absolute atomic E-state index is 0.0744. The Morgan fingerprint density at radius 3 is 2.68 bits per heavy atom. The molecule has 1 aromatic carbocycles. The molecule has 0 unspecified atom stereocenters. The molecule has 1 aliphatic rings. The maximum atomic E-state index is 13.1. The lowest BCUT2D eigenvalue weighted by atomic mass is 9.95. The van der Waals surface area contributed by atoms with E-state index in [1.807, 2.05) is 13.8 Å². The normalized spacial score (nSPS) is 17.1. The van der Waals surface area contributed by atoms with Crippen LogP contribution in [0, 0.1) is 0 Å². The van der Waals surface area contributed by atoms with Crippen LogP contribution in [0.25, 0.3) is 0 Å². The number of rotatable bonds is 8. The number of nitrogens with zero attached hydrogens (tertiary/aromatic N) is 1. The van der Waals surface area contributed by atoms with Crippen molar-refractivity contribution < 1.29 is 19.4 Å². The van der Waals surface area contributed by atoms with Gasteiger partial charge < -0.3 is 14.7 Å². The molecule has 1 atom stereocenters. The molecule has 148 valence electrons. The summed E-state index contributed by atoms with van der Waals surface area (Å²) in [5, 5.41) is 12.8. The topological polar surface area (TPSA) is 66.8 Å². The summed E-state index contributed by atoms with van der Waals surface area (Å²) in [6, 6.07) is 9.79.